The lowest BCUT2D eigenvalue weighted by atomic mass is 10.2. The normalized spacial score (nSPS) is 13.4. The van der Waals surface area contributed by atoms with Crippen LogP contribution in [0.3, 0.4) is 0 Å². The Morgan fingerprint density at radius 1 is 1.70 bits per heavy atom. The molecule has 1 rings (SSSR count). The molecule has 1 aromatic heterocycles. The molecular weight excluding hydrogens is 128 g/mol. The Kier molecular flexibility index (Phi) is 2.39. The first kappa shape index (κ1) is 7.21. The first-order valence-corrected chi connectivity index (χ1v) is 3.41. The Morgan fingerprint density at radius 3 is 3.00 bits per heavy atom. The molecule has 1 unspecified atom stereocenters. The molecular formula is C6H12N4. The van der Waals surface area contributed by atoms with Gasteiger partial charge < -0.3 is 5.73 Å². The number of hydrogen-bond donors (Lipinski definition) is 1. The molecule has 0 aliphatic heterocycles. The van der Waals surface area contributed by atoms with Crippen LogP contribution in [0.15, 0.2) is 12.7 Å². The van der Waals surface area contributed by atoms with Crippen LogP contribution in [0.4, 0.5) is 0 Å². The van der Waals surface area contributed by atoms with Gasteiger partial charge in [0.25, 0.3) is 0 Å². The summed E-state index contributed by atoms with van der Waals surface area (Å²) in [7, 11) is 0. The Labute approximate surface area is 60.1 Å². The third kappa shape index (κ3) is 1.80. The van der Waals surface area contributed by atoms with Gasteiger partial charge in [0.2, 0.25) is 0 Å². The fraction of sp³-hybridized carbons (Fsp3) is 0.667. The van der Waals surface area contributed by atoms with Crippen LogP contribution in [0, 0.1) is 0 Å². The highest BCUT2D eigenvalue weighted by Gasteiger charge is 1.98. The summed E-state index contributed by atoms with van der Waals surface area (Å²) >= 11 is 0. The molecule has 0 saturated heterocycles. The highest BCUT2D eigenvalue weighted by Crippen LogP contribution is 1.89. The fourth-order valence-electron chi connectivity index (χ4n) is 0.696. The molecule has 0 spiro atoms. The van der Waals surface area contributed by atoms with Gasteiger partial charge in [-0.25, -0.2) is 4.98 Å². The smallest absolute Gasteiger partial charge is 0.137 e. The van der Waals surface area contributed by atoms with Crippen LogP contribution in [0.5, 0.6) is 0 Å². The van der Waals surface area contributed by atoms with Crippen molar-refractivity contribution in [2.45, 2.75) is 25.9 Å². The fourth-order valence-corrected chi connectivity index (χ4v) is 0.696. The molecule has 1 aromatic rings. The zero-order valence-corrected chi connectivity index (χ0v) is 6.07. The van der Waals surface area contributed by atoms with E-state index in [0.717, 1.165) is 13.0 Å². The highest BCUT2D eigenvalue weighted by molar-refractivity contribution is 4.62. The molecule has 0 aliphatic rings. The van der Waals surface area contributed by atoms with Crippen molar-refractivity contribution in [3.05, 3.63) is 12.7 Å². The number of aromatic nitrogens is 3. The zero-order valence-electron chi connectivity index (χ0n) is 6.07. The van der Waals surface area contributed by atoms with Crippen LogP contribution in [-0.4, -0.2) is 20.8 Å². The van der Waals surface area contributed by atoms with Crippen molar-refractivity contribution in [3.63, 3.8) is 0 Å². The van der Waals surface area contributed by atoms with Crippen LogP contribution < -0.4 is 5.73 Å². The van der Waals surface area contributed by atoms with E-state index in [9.17, 15) is 0 Å². The van der Waals surface area contributed by atoms with E-state index < -0.39 is 0 Å². The zero-order chi connectivity index (χ0) is 7.40. The number of rotatable bonds is 3. The predicted molar refractivity (Wildman–Crippen MR) is 38.3 cm³/mol. The average molecular weight is 140 g/mol. The highest BCUT2D eigenvalue weighted by atomic mass is 15.3. The van der Waals surface area contributed by atoms with E-state index >= 15 is 0 Å². The molecule has 0 aliphatic carbocycles. The molecule has 0 fully saturated rings. The van der Waals surface area contributed by atoms with Crippen molar-refractivity contribution in [2.75, 3.05) is 0 Å². The van der Waals surface area contributed by atoms with Gasteiger partial charge in [-0.3, -0.25) is 4.68 Å². The SMILES string of the molecule is CCC(N)Cn1cncn1. The Bertz CT molecular complexity index is 170. The molecule has 10 heavy (non-hydrogen) atoms. The third-order valence-electron chi connectivity index (χ3n) is 1.41. The summed E-state index contributed by atoms with van der Waals surface area (Å²) < 4.78 is 1.74. The maximum Gasteiger partial charge on any atom is 0.137 e. The van der Waals surface area contributed by atoms with Crippen molar-refractivity contribution >= 4 is 0 Å². The van der Waals surface area contributed by atoms with E-state index in [4.69, 9.17) is 5.73 Å². The van der Waals surface area contributed by atoms with Gasteiger partial charge in [-0.15, -0.1) is 0 Å². The van der Waals surface area contributed by atoms with Crippen LogP contribution in [0.1, 0.15) is 13.3 Å². The van der Waals surface area contributed by atoms with Gasteiger partial charge in [-0.05, 0) is 6.42 Å². The molecule has 0 bridgehead atoms. The van der Waals surface area contributed by atoms with Crippen LogP contribution in [-0.2, 0) is 6.54 Å². The molecule has 0 radical (unpaired) electrons. The second-order valence-electron chi connectivity index (χ2n) is 2.29. The van der Waals surface area contributed by atoms with Gasteiger partial charge in [-0.1, -0.05) is 6.92 Å². The van der Waals surface area contributed by atoms with Crippen LogP contribution >= 0.6 is 0 Å². The maximum absolute atomic E-state index is 5.68. The van der Waals surface area contributed by atoms with E-state index in [1.54, 1.807) is 11.0 Å². The van der Waals surface area contributed by atoms with Gasteiger partial charge in [0, 0.05) is 6.04 Å². The summed E-state index contributed by atoms with van der Waals surface area (Å²) in [6.07, 6.45) is 4.16. The molecule has 4 heteroatoms. The molecule has 0 aromatic carbocycles. The molecule has 1 atom stereocenters. The quantitative estimate of drug-likeness (QED) is 0.643. The lowest BCUT2D eigenvalue weighted by Crippen LogP contribution is -2.25. The molecule has 2 N–H and O–H groups in total. The Morgan fingerprint density at radius 2 is 2.50 bits per heavy atom. The average Bonchev–Trinajstić information content (AvgIpc) is 2.40. The largest absolute Gasteiger partial charge is 0.326 e. The minimum Gasteiger partial charge on any atom is -0.326 e. The summed E-state index contributed by atoms with van der Waals surface area (Å²) in [6, 6.07) is 0.196. The molecule has 56 valence electrons. The predicted octanol–water partition coefficient (Wildman–Crippen LogP) is 0.0154. The monoisotopic (exact) mass is 140 g/mol. The minimum absolute atomic E-state index is 0.196. The second-order valence-corrected chi connectivity index (χ2v) is 2.29. The number of hydrogen-bond acceptors (Lipinski definition) is 3. The van der Waals surface area contributed by atoms with E-state index in [1.165, 1.54) is 6.33 Å². The summed E-state index contributed by atoms with van der Waals surface area (Å²) in [5.74, 6) is 0. The Balaban J connectivity index is 2.40. The van der Waals surface area contributed by atoms with E-state index in [1.807, 2.05) is 0 Å². The lowest BCUT2D eigenvalue weighted by Gasteiger charge is -2.06. The van der Waals surface area contributed by atoms with Gasteiger partial charge in [-0.2, -0.15) is 5.10 Å². The first-order valence-electron chi connectivity index (χ1n) is 3.41. The van der Waals surface area contributed by atoms with Crippen molar-refractivity contribution < 1.29 is 0 Å². The number of nitrogens with two attached hydrogens (primary N) is 1. The maximum atomic E-state index is 5.68. The van der Waals surface area contributed by atoms with Crippen molar-refractivity contribution in [3.8, 4) is 0 Å². The van der Waals surface area contributed by atoms with Crippen LogP contribution in [0.25, 0.3) is 0 Å². The summed E-state index contributed by atoms with van der Waals surface area (Å²) in [4.78, 5) is 3.81. The minimum atomic E-state index is 0.196. The molecule has 1 heterocycles. The first-order chi connectivity index (χ1) is 4.83. The third-order valence-corrected chi connectivity index (χ3v) is 1.41. The summed E-state index contributed by atoms with van der Waals surface area (Å²) in [5, 5.41) is 3.93. The van der Waals surface area contributed by atoms with E-state index in [0.29, 0.717) is 0 Å². The van der Waals surface area contributed by atoms with Gasteiger partial charge in [0.15, 0.2) is 0 Å². The molecule has 4 nitrogen and oxygen atoms in total. The standard InChI is InChI=1S/C6H12N4/c1-2-6(7)3-10-5-8-4-9-10/h4-6H,2-3,7H2,1H3. The van der Waals surface area contributed by atoms with Crippen LogP contribution in [0.2, 0.25) is 0 Å². The van der Waals surface area contributed by atoms with Crippen molar-refractivity contribution in [1.82, 2.24) is 14.8 Å². The summed E-state index contributed by atoms with van der Waals surface area (Å²) in [6.45, 7) is 2.82. The van der Waals surface area contributed by atoms with E-state index in [2.05, 4.69) is 17.0 Å². The summed E-state index contributed by atoms with van der Waals surface area (Å²) in [5.41, 5.74) is 5.68. The van der Waals surface area contributed by atoms with Gasteiger partial charge in [0.1, 0.15) is 12.7 Å². The van der Waals surface area contributed by atoms with Gasteiger partial charge in [0.05, 0.1) is 6.54 Å². The van der Waals surface area contributed by atoms with Crippen molar-refractivity contribution in [2.24, 2.45) is 5.73 Å². The van der Waals surface area contributed by atoms with Crippen molar-refractivity contribution in [1.29, 1.82) is 0 Å². The molecule has 0 amide bonds. The van der Waals surface area contributed by atoms with Gasteiger partial charge >= 0.3 is 0 Å². The number of nitrogens with zero attached hydrogens (tertiary/aromatic N) is 3. The van der Waals surface area contributed by atoms with E-state index in [-0.39, 0.29) is 6.04 Å². The lowest BCUT2D eigenvalue weighted by molar-refractivity contribution is 0.499. The molecule has 0 saturated carbocycles. The Hall–Kier alpha value is -0.900. The second kappa shape index (κ2) is 3.31. The topological polar surface area (TPSA) is 56.7 Å².